The molecule has 38 heavy (non-hydrogen) atoms. The summed E-state index contributed by atoms with van der Waals surface area (Å²) in [6.07, 6.45) is 3.82. The van der Waals surface area contributed by atoms with Crippen LogP contribution in [0.15, 0.2) is 84.9 Å². The number of rotatable bonds is 10. The van der Waals surface area contributed by atoms with Crippen molar-refractivity contribution in [3.8, 4) is 5.75 Å². The van der Waals surface area contributed by atoms with Crippen molar-refractivity contribution >= 4 is 26.6 Å². The van der Waals surface area contributed by atoms with Crippen molar-refractivity contribution in [2.45, 2.75) is 38.0 Å². The monoisotopic (exact) mass is 527 g/mol. The molecule has 0 spiro atoms. The van der Waals surface area contributed by atoms with Crippen molar-refractivity contribution in [3.05, 3.63) is 113 Å². The maximum absolute atomic E-state index is 12.4. The fourth-order valence-electron chi connectivity index (χ4n) is 5.13. The molecule has 1 unspecified atom stereocenters. The minimum absolute atomic E-state index is 0.0126. The summed E-state index contributed by atoms with van der Waals surface area (Å²) in [5, 5.41) is 9.75. The van der Waals surface area contributed by atoms with Gasteiger partial charge in [0.2, 0.25) is 10.0 Å². The molecule has 0 saturated heterocycles. The fraction of sp³-hybridized carbons (Fsp3) is 0.258. The molecule has 1 aliphatic carbocycles. The van der Waals surface area contributed by atoms with Gasteiger partial charge in [-0.2, -0.15) is 0 Å². The molecule has 1 atom stereocenters. The molecule has 0 amide bonds. The van der Waals surface area contributed by atoms with E-state index < -0.39 is 10.0 Å². The van der Waals surface area contributed by atoms with Crippen LogP contribution in [0.5, 0.6) is 5.75 Å². The first-order valence-electron chi connectivity index (χ1n) is 13.0. The summed E-state index contributed by atoms with van der Waals surface area (Å²) in [6.45, 7) is 0.928. The number of ether oxygens (including phenoxy) is 1. The maximum atomic E-state index is 12.4. The van der Waals surface area contributed by atoms with Crippen molar-refractivity contribution in [1.29, 1.82) is 5.41 Å². The lowest BCUT2D eigenvalue weighted by Gasteiger charge is -2.25. The lowest BCUT2D eigenvalue weighted by Crippen LogP contribution is -2.28. The Hall–Kier alpha value is -3.68. The zero-order valence-corrected chi connectivity index (χ0v) is 22.1. The number of aryl methyl sites for hydroxylation is 1. The summed E-state index contributed by atoms with van der Waals surface area (Å²) in [5.41, 5.74) is 10.8. The molecule has 5 rings (SSSR count). The molecule has 0 bridgehead atoms. The summed E-state index contributed by atoms with van der Waals surface area (Å²) in [5.74, 6) is 1.37. The Labute approximate surface area is 224 Å². The van der Waals surface area contributed by atoms with E-state index in [1.54, 1.807) is 0 Å². The van der Waals surface area contributed by atoms with E-state index >= 15 is 0 Å². The number of benzene rings is 4. The molecular weight excluding hydrogens is 494 g/mol. The van der Waals surface area contributed by atoms with Crippen LogP contribution in [0, 0.1) is 11.3 Å². The minimum Gasteiger partial charge on any atom is -0.489 e. The summed E-state index contributed by atoms with van der Waals surface area (Å²) in [7, 11) is -3.34. The molecular formula is C31H33N3O3S. The summed E-state index contributed by atoms with van der Waals surface area (Å²) < 4.78 is 33.8. The van der Waals surface area contributed by atoms with E-state index in [1.165, 1.54) is 11.1 Å². The van der Waals surface area contributed by atoms with Gasteiger partial charge in [0, 0.05) is 12.1 Å². The molecule has 0 radical (unpaired) electrons. The van der Waals surface area contributed by atoms with Crippen LogP contribution >= 0.6 is 0 Å². The van der Waals surface area contributed by atoms with Gasteiger partial charge in [-0.05, 0) is 88.9 Å². The van der Waals surface area contributed by atoms with Gasteiger partial charge in [0.15, 0.2) is 0 Å². The van der Waals surface area contributed by atoms with E-state index in [4.69, 9.17) is 15.9 Å². The highest BCUT2D eigenvalue weighted by Crippen LogP contribution is 2.30. The van der Waals surface area contributed by atoms with E-state index in [0.717, 1.165) is 58.9 Å². The number of amidine groups is 1. The van der Waals surface area contributed by atoms with Gasteiger partial charge in [-0.3, -0.25) is 5.41 Å². The SMILES string of the molecule is N=C(N)c1ccc2cc(COc3ccc4c(c3)CC(CCNS(=O)(=O)Cc3ccccc3)CC4)ccc2c1. The lowest BCUT2D eigenvalue weighted by atomic mass is 9.82. The van der Waals surface area contributed by atoms with Crippen LogP contribution in [0.4, 0.5) is 0 Å². The average molecular weight is 528 g/mol. The normalized spacial score (nSPS) is 15.2. The first-order valence-corrected chi connectivity index (χ1v) is 14.6. The van der Waals surface area contributed by atoms with Crippen LogP contribution in [0.3, 0.4) is 0 Å². The molecule has 196 valence electrons. The van der Waals surface area contributed by atoms with E-state index in [0.29, 0.717) is 19.1 Å². The molecule has 4 aromatic carbocycles. The highest BCUT2D eigenvalue weighted by molar-refractivity contribution is 7.88. The van der Waals surface area contributed by atoms with Crippen LogP contribution in [-0.2, 0) is 35.2 Å². The van der Waals surface area contributed by atoms with E-state index in [1.807, 2.05) is 66.7 Å². The largest absolute Gasteiger partial charge is 0.489 e. The van der Waals surface area contributed by atoms with Crippen molar-refractivity contribution < 1.29 is 13.2 Å². The predicted octanol–water partition coefficient (Wildman–Crippen LogP) is 5.32. The molecule has 0 saturated carbocycles. The smallest absolute Gasteiger partial charge is 0.215 e. The third kappa shape index (κ3) is 6.60. The van der Waals surface area contributed by atoms with Gasteiger partial charge >= 0.3 is 0 Å². The maximum Gasteiger partial charge on any atom is 0.215 e. The number of nitrogen functional groups attached to an aromatic ring is 1. The fourth-order valence-corrected chi connectivity index (χ4v) is 6.29. The van der Waals surface area contributed by atoms with Crippen molar-refractivity contribution in [2.75, 3.05) is 6.54 Å². The molecule has 7 heteroatoms. The van der Waals surface area contributed by atoms with Gasteiger partial charge in [-0.1, -0.05) is 60.7 Å². The quantitative estimate of drug-likeness (QED) is 0.192. The Morgan fingerprint density at radius 1 is 0.921 bits per heavy atom. The van der Waals surface area contributed by atoms with Gasteiger partial charge in [-0.25, -0.2) is 13.1 Å². The number of nitrogens with one attached hydrogen (secondary N) is 2. The Balaban J connectivity index is 1.15. The highest BCUT2D eigenvalue weighted by Gasteiger charge is 2.20. The van der Waals surface area contributed by atoms with Crippen molar-refractivity contribution in [3.63, 3.8) is 0 Å². The number of hydrogen-bond acceptors (Lipinski definition) is 4. The second-order valence-electron chi connectivity index (χ2n) is 10.1. The number of hydrogen-bond donors (Lipinski definition) is 3. The first-order chi connectivity index (χ1) is 18.3. The van der Waals surface area contributed by atoms with Gasteiger partial charge in [-0.15, -0.1) is 0 Å². The zero-order valence-electron chi connectivity index (χ0n) is 21.3. The molecule has 0 aliphatic heterocycles. The van der Waals surface area contributed by atoms with E-state index in [9.17, 15) is 8.42 Å². The Morgan fingerprint density at radius 3 is 2.53 bits per heavy atom. The van der Waals surface area contributed by atoms with Gasteiger partial charge in [0.05, 0.1) is 5.75 Å². The highest BCUT2D eigenvalue weighted by atomic mass is 32.2. The molecule has 0 aromatic heterocycles. The topological polar surface area (TPSA) is 105 Å². The number of sulfonamides is 1. The van der Waals surface area contributed by atoms with E-state index in [-0.39, 0.29) is 11.6 Å². The van der Waals surface area contributed by atoms with Crippen LogP contribution in [-0.4, -0.2) is 20.8 Å². The van der Waals surface area contributed by atoms with Crippen molar-refractivity contribution in [1.82, 2.24) is 4.72 Å². The third-order valence-corrected chi connectivity index (χ3v) is 8.56. The van der Waals surface area contributed by atoms with E-state index in [2.05, 4.69) is 22.9 Å². The predicted molar refractivity (Wildman–Crippen MR) is 153 cm³/mol. The van der Waals surface area contributed by atoms with Gasteiger partial charge in [0.1, 0.15) is 18.2 Å². The molecule has 0 heterocycles. The Kier molecular flexibility index (Phi) is 7.77. The molecule has 6 nitrogen and oxygen atoms in total. The zero-order chi connectivity index (χ0) is 26.5. The second kappa shape index (κ2) is 11.4. The van der Waals surface area contributed by atoms with Gasteiger partial charge < -0.3 is 10.5 Å². The molecule has 4 aromatic rings. The minimum atomic E-state index is -3.34. The number of fused-ring (bicyclic) bond motifs is 2. The second-order valence-corrected chi connectivity index (χ2v) is 11.9. The summed E-state index contributed by atoms with van der Waals surface area (Å²) in [4.78, 5) is 0. The van der Waals surface area contributed by atoms with Crippen LogP contribution in [0.25, 0.3) is 10.8 Å². The van der Waals surface area contributed by atoms with Crippen LogP contribution in [0.1, 0.15) is 40.7 Å². The summed E-state index contributed by atoms with van der Waals surface area (Å²) in [6, 6.07) is 27.6. The van der Waals surface area contributed by atoms with Crippen LogP contribution in [0.2, 0.25) is 0 Å². The standard InChI is InChI=1S/C31H33N3O3S/c32-31(33)28-11-10-26-17-24(7-9-27(26)18-28)20-37-30-13-12-25-8-6-22(16-29(25)19-30)14-15-34-38(35,36)21-23-4-2-1-3-5-23/h1-5,7,9-13,17-19,22,34H,6,8,14-16,20-21H2,(H3,32,33). The van der Waals surface area contributed by atoms with Crippen molar-refractivity contribution in [2.24, 2.45) is 11.7 Å². The number of nitrogens with two attached hydrogens (primary N) is 1. The molecule has 0 fully saturated rings. The Morgan fingerprint density at radius 2 is 1.71 bits per heavy atom. The average Bonchev–Trinajstić information content (AvgIpc) is 2.91. The third-order valence-electron chi connectivity index (χ3n) is 7.20. The summed E-state index contributed by atoms with van der Waals surface area (Å²) >= 11 is 0. The molecule has 4 N–H and O–H groups in total. The first kappa shape index (κ1) is 25.9. The molecule has 1 aliphatic rings. The van der Waals surface area contributed by atoms with Gasteiger partial charge in [0.25, 0.3) is 0 Å². The Bertz CT molecular complexity index is 1550. The van der Waals surface area contributed by atoms with Crippen LogP contribution < -0.4 is 15.2 Å². The lowest BCUT2D eigenvalue weighted by molar-refractivity contribution is 0.305.